The lowest BCUT2D eigenvalue weighted by Gasteiger charge is -2.40. The van der Waals surface area contributed by atoms with Gasteiger partial charge < -0.3 is 25.0 Å². The summed E-state index contributed by atoms with van der Waals surface area (Å²) >= 11 is 7.92. The quantitative estimate of drug-likeness (QED) is 0.452. The fourth-order valence-electron chi connectivity index (χ4n) is 3.66. The highest BCUT2D eigenvalue weighted by Crippen LogP contribution is 2.37. The number of hydrogen-bond donors (Lipinski definition) is 2. The van der Waals surface area contributed by atoms with Gasteiger partial charge in [-0.15, -0.1) is 0 Å². The van der Waals surface area contributed by atoms with E-state index in [2.05, 4.69) is 37.2 Å². The highest BCUT2D eigenvalue weighted by molar-refractivity contribution is 7.99. The molecule has 9 nitrogen and oxygen atoms in total. The number of benzene rings is 1. The molecule has 0 unspecified atom stereocenters. The number of halogens is 1. The zero-order valence-electron chi connectivity index (χ0n) is 21.4. The van der Waals surface area contributed by atoms with Crippen molar-refractivity contribution in [2.24, 2.45) is 5.41 Å². The van der Waals surface area contributed by atoms with Crippen LogP contribution < -0.4 is 15.5 Å². The maximum Gasteiger partial charge on any atom is 0.407 e. The molecule has 0 atom stereocenters. The van der Waals surface area contributed by atoms with Gasteiger partial charge in [0.05, 0.1) is 30.2 Å². The molecule has 2 heterocycles. The molecule has 1 saturated heterocycles. The molecule has 0 aliphatic carbocycles. The Bertz CT molecular complexity index is 1050. The number of nitrogens with one attached hydrogen (secondary N) is 2. The summed E-state index contributed by atoms with van der Waals surface area (Å²) < 4.78 is 10.0. The Labute approximate surface area is 221 Å². The normalized spacial score (nSPS) is 15.2. The SMILES string of the molecule is COC(=O)CNc1cccc(Sc2cnc(N3CCC(C)(CNC(=O)OC(C)(C)C)CC3)cn2)c1Cl. The van der Waals surface area contributed by atoms with Crippen LogP contribution in [0, 0.1) is 5.41 Å². The average molecular weight is 536 g/mol. The Kier molecular flexibility index (Phi) is 9.30. The van der Waals surface area contributed by atoms with Gasteiger partial charge in [0.25, 0.3) is 0 Å². The number of methoxy groups -OCH3 is 1. The van der Waals surface area contributed by atoms with Crippen molar-refractivity contribution in [3.05, 3.63) is 35.6 Å². The summed E-state index contributed by atoms with van der Waals surface area (Å²) in [6.07, 6.45) is 4.97. The van der Waals surface area contributed by atoms with Gasteiger partial charge in [-0.2, -0.15) is 0 Å². The molecule has 3 rings (SSSR count). The van der Waals surface area contributed by atoms with E-state index in [0.717, 1.165) is 36.6 Å². The van der Waals surface area contributed by atoms with Gasteiger partial charge in [-0.25, -0.2) is 14.8 Å². The van der Waals surface area contributed by atoms with E-state index in [0.29, 0.717) is 22.3 Å². The second-order valence-corrected chi connectivity index (χ2v) is 11.5. The monoisotopic (exact) mass is 535 g/mol. The molecule has 2 aromatic rings. The van der Waals surface area contributed by atoms with E-state index in [1.165, 1.54) is 18.9 Å². The average Bonchev–Trinajstić information content (AvgIpc) is 2.83. The Morgan fingerprint density at radius 2 is 1.92 bits per heavy atom. The second kappa shape index (κ2) is 12.0. The first-order chi connectivity index (χ1) is 17.0. The minimum absolute atomic E-state index is 0.000291. The van der Waals surface area contributed by atoms with Crippen molar-refractivity contribution in [1.29, 1.82) is 0 Å². The van der Waals surface area contributed by atoms with Crippen LogP contribution in [0.2, 0.25) is 5.02 Å². The molecule has 0 spiro atoms. The van der Waals surface area contributed by atoms with Gasteiger partial charge in [-0.3, -0.25) is 4.79 Å². The van der Waals surface area contributed by atoms with E-state index in [1.807, 2.05) is 32.9 Å². The second-order valence-electron chi connectivity index (χ2n) is 10.0. The molecule has 11 heteroatoms. The van der Waals surface area contributed by atoms with Crippen LogP contribution in [0.25, 0.3) is 0 Å². The lowest BCUT2D eigenvalue weighted by molar-refractivity contribution is -0.138. The van der Waals surface area contributed by atoms with Crippen molar-refractivity contribution in [3.63, 3.8) is 0 Å². The molecule has 1 aromatic heterocycles. The Hall–Kier alpha value is -2.72. The van der Waals surface area contributed by atoms with Gasteiger partial charge in [-0.05, 0) is 51.2 Å². The minimum atomic E-state index is -0.507. The van der Waals surface area contributed by atoms with E-state index < -0.39 is 5.60 Å². The summed E-state index contributed by atoms with van der Waals surface area (Å²) in [6.45, 7) is 10.0. The van der Waals surface area contributed by atoms with E-state index in [-0.39, 0.29) is 24.0 Å². The third-order valence-electron chi connectivity index (χ3n) is 5.80. The lowest BCUT2D eigenvalue weighted by Crippen LogP contribution is -2.45. The molecule has 1 aromatic carbocycles. The van der Waals surface area contributed by atoms with E-state index in [1.54, 1.807) is 18.5 Å². The van der Waals surface area contributed by atoms with Crippen LogP contribution in [0.15, 0.2) is 40.5 Å². The topological polar surface area (TPSA) is 106 Å². The molecule has 1 aliphatic heterocycles. The smallest absolute Gasteiger partial charge is 0.407 e. The highest BCUT2D eigenvalue weighted by Gasteiger charge is 2.31. The first-order valence-corrected chi connectivity index (χ1v) is 13.0. The van der Waals surface area contributed by atoms with Crippen LogP contribution in [0.1, 0.15) is 40.5 Å². The van der Waals surface area contributed by atoms with Gasteiger partial charge >= 0.3 is 12.1 Å². The molecule has 36 heavy (non-hydrogen) atoms. The summed E-state index contributed by atoms with van der Waals surface area (Å²) in [5, 5.41) is 7.12. The molecule has 1 fully saturated rings. The Balaban J connectivity index is 1.53. The van der Waals surface area contributed by atoms with Gasteiger partial charge in [-0.1, -0.05) is 36.4 Å². The van der Waals surface area contributed by atoms with Crippen LogP contribution >= 0.6 is 23.4 Å². The van der Waals surface area contributed by atoms with Crippen LogP contribution in [-0.2, 0) is 14.3 Å². The van der Waals surface area contributed by atoms with Gasteiger partial charge in [0.15, 0.2) is 0 Å². The first-order valence-electron chi connectivity index (χ1n) is 11.8. The van der Waals surface area contributed by atoms with Crippen molar-refractivity contribution in [1.82, 2.24) is 15.3 Å². The number of alkyl carbamates (subject to hydrolysis) is 1. The number of anilines is 2. The fourth-order valence-corrected chi connectivity index (χ4v) is 4.75. The van der Waals surface area contributed by atoms with Crippen LogP contribution in [0.4, 0.5) is 16.3 Å². The van der Waals surface area contributed by atoms with Crippen molar-refractivity contribution < 1.29 is 19.1 Å². The van der Waals surface area contributed by atoms with Gasteiger partial charge in [0.1, 0.15) is 23.0 Å². The molecule has 0 radical (unpaired) electrons. The van der Waals surface area contributed by atoms with Crippen molar-refractivity contribution in [2.45, 2.75) is 56.1 Å². The number of aromatic nitrogens is 2. The number of nitrogens with zero attached hydrogens (tertiary/aromatic N) is 3. The number of rotatable bonds is 8. The number of ether oxygens (including phenoxy) is 2. The maximum atomic E-state index is 12.0. The zero-order chi connectivity index (χ0) is 26.3. The third kappa shape index (κ3) is 8.16. The van der Waals surface area contributed by atoms with Gasteiger partial charge in [0, 0.05) is 24.5 Å². The Morgan fingerprint density at radius 1 is 1.19 bits per heavy atom. The van der Waals surface area contributed by atoms with E-state index in [9.17, 15) is 9.59 Å². The third-order valence-corrected chi connectivity index (χ3v) is 7.30. The summed E-state index contributed by atoms with van der Waals surface area (Å²) in [4.78, 5) is 35.6. The lowest BCUT2D eigenvalue weighted by atomic mass is 9.80. The van der Waals surface area contributed by atoms with E-state index in [4.69, 9.17) is 16.3 Å². The zero-order valence-corrected chi connectivity index (χ0v) is 23.0. The summed E-state index contributed by atoms with van der Waals surface area (Å²) in [5.41, 5.74) is 0.141. The number of amides is 1. The Morgan fingerprint density at radius 3 is 2.53 bits per heavy atom. The van der Waals surface area contributed by atoms with Crippen LogP contribution in [0.5, 0.6) is 0 Å². The molecular weight excluding hydrogens is 502 g/mol. The standard InChI is InChI=1S/C25H34ClN5O4S/c1-24(2,3)35-23(33)30-16-25(4)9-11-31(12-10-25)19-13-29-20(14-28-19)36-18-8-6-7-17(22(18)26)27-15-21(32)34-5/h6-8,13-14,27H,9-12,15-16H2,1-5H3,(H,30,33). The molecule has 1 aliphatic rings. The predicted octanol–water partition coefficient (Wildman–Crippen LogP) is 5.00. The van der Waals surface area contributed by atoms with E-state index >= 15 is 0 Å². The van der Waals surface area contributed by atoms with Crippen molar-refractivity contribution in [2.75, 3.05) is 43.5 Å². The molecule has 1 amide bonds. The number of piperidine rings is 1. The number of hydrogen-bond acceptors (Lipinski definition) is 9. The molecule has 0 bridgehead atoms. The number of carbonyl (C=O) groups is 2. The van der Waals surface area contributed by atoms with Crippen molar-refractivity contribution in [3.8, 4) is 0 Å². The predicted molar refractivity (Wildman–Crippen MR) is 142 cm³/mol. The summed E-state index contributed by atoms with van der Waals surface area (Å²) in [7, 11) is 1.34. The molecular formula is C25H34ClN5O4S. The summed E-state index contributed by atoms with van der Waals surface area (Å²) in [5.74, 6) is 0.448. The molecule has 2 N–H and O–H groups in total. The van der Waals surface area contributed by atoms with Crippen molar-refractivity contribution >= 4 is 46.9 Å². The summed E-state index contributed by atoms with van der Waals surface area (Å²) in [6, 6.07) is 5.55. The minimum Gasteiger partial charge on any atom is -0.468 e. The number of carbonyl (C=O) groups excluding carboxylic acids is 2. The largest absolute Gasteiger partial charge is 0.468 e. The van der Waals surface area contributed by atoms with Crippen LogP contribution in [-0.4, -0.2) is 60.9 Å². The maximum absolute atomic E-state index is 12.0. The molecule has 196 valence electrons. The number of esters is 1. The fraction of sp³-hybridized carbons (Fsp3) is 0.520. The molecule has 0 saturated carbocycles. The van der Waals surface area contributed by atoms with Crippen LogP contribution in [0.3, 0.4) is 0 Å². The highest BCUT2D eigenvalue weighted by atomic mass is 35.5. The first kappa shape index (κ1) is 27.9. The van der Waals surface area contributed by atoms with Gasteiger partial charge in [0.2, 0.25) is 0 Å².